The van der Waals surface area contributed by atoms with Gasteiger partial charge in [-0.05, 0) is 49.4 Å². The molecule has 0 rings (SSSR count). The highest BCUT2D eigenvalue weighted by atomic mass is 31.2. The topological polar surface area (TPSA) is 237 Å². The maximum absolute atomic E-state index is 13.0. The van der Waals surface area contributed by atoms with E-state index in [0.717, 1.165) is 114 Å². The minimum Gasteiger partial charge on any atom is -0.462 e. The lowest BCUT2D eigenvalue weighted by atomic mass is 10.00. The Hall–Kier alpha value is -1.94. The van der Waals surface area contributed by atoms with Gasteiger partial charge in [0, 0.05) is 25.7 Å². The summed E-state index contributed by atoms with van der Waals surface area (Å²) in [7, 11) is -9.90. The van der Waals surface area contributed by atoms with Crippen LogP contribution in [0.5, 0.6) is 0 Å². The van der Waals surface area contributed by atoms with E-state index in [1.807, 2.05) is 0 Å². The summed E-state index contributed by atoms with van der Waals surface area (Å²) in [6.45, 7) is 14.0. The Balaban J connectivity index is 5.19. The first kappa shape index (κ1) is 87.1. The van der Waals surface area contributed by atoms with Crippen molar-refractivity contribution in [2.75, 3.05) is 39.6 Å². The largest absolute Gasteiger partial charge is 0.472 e. The number of carbonyl (C=O) groups excluding carboxylic acids is 4. The fraction of sp³-hybridized carbons (Fsp3) is 0.943. The van der Waals surface area contributed by atoms with E-state index in [4.69, 9.17) is 37.0 Å². The van der Waals surface area contributed by atoms with Crippen LogP contribution in [0.2, 0.25) is 0 Å². The average Bonchev–Trinajstić information content (AvgIpc) is 3.61. The highest BCUT2D eigenvalue weighted by Crippen LogP contribution is 2.45. The summed E-state index contributed by atoms with van der Waals surface area (Å²) < 4.78 is 68.2. The Morgan fingerprint density at radius 1 is 0.315 bits per heavy atom. The zero-order valence-corrected chi connectivity index (χ0v) is 59.8. The van der Waals surface area contributed by atoms with Gasteiger partial charge in [0.25, 0.3) is 0 Å². The van der Waals surface area contributed by atoms with Crippen LogP contribution in [0.1, 0.15) is 344 Å². The van der Waals surface area contributed by atoms with E-state index in [9.17, 15) is 43.2 Å². The van der Waals surface area contributed by atoms with Crippen LogP contribution in [0, 0.1) is 23.7 Å². The van der Waals surface area contributed by atoms with Gasteiger partial charge in [-0.15, -0.1) is 0 Å². The van der Waals surface area contributed by atoms with Crippen molar-refractivity contribution in [1.82, 2.24) is 0 Å². The monoisotopic (exact) mass is 1310 g/mol. The summed E-state index contributed by atoms with van der Waals surface area (Å²) in [6.07, 6.45) is 41.9. The lowest BCUT2D eigenvalue weighted by Crippen LogP contribution is -2.30. The van der Waals surface area contributed by atoms with Crippen LogP contribution in [0.4, 0.5) is 0 Å². The molecule has 0 fully saturated rings. The van der Waals surface area contributed by atoms with Crippen LogP contribution in [0.25, 0.3) is 0 Å². The van der Waals surface area contributed by atoms with Gasteiger partial charge in [0.15, 0.2) is 12.2 Å². The minimum absolute atomic E-state index is 0.103. The van der Waals surface area contributed by atoms with Crippen molar-refractivity contribution in [3.8, 4) is 0 Å². The van der Waals surface area contributed by atoms with E-state index in [1.54, 1.807) is 0 Å². The first-order chi connectivity index (χ1) is 42.6. The molecule has 0 aliphatic carbocycles. The van der Waals surface area contributed by atoms with Crippen molar-refractivity contribution >= 4 is 39.5 Å². The van der Waals surface area contributed by atoms with Gasteiger partial charge in [-0.1, -0.05) is 293 Å². The lowest BCUT2D eigenvalue weighted by Gasteiger charge is -2.21. The molecule has 0 aromatic heterocycles. The second-order valence-corrected chi connectivity index (χ2v) is 29.8. The van der Waals surface area contributed by atoms with Crippen molar-refractivity contribution in [2.24, 2.45) is 23.7 Å². The second kappa shape index (κ2) is 59.8. The molecule has 528 valence electrons. The number of aliphatic hydroxyl groups excluding tert-OH is 1. The Bertz CT molecular complexity index is 1770. The van der Waals surface area contributed by atoms with E-state index < -0.39 is 97.5 Å². The van der Waals surface area contributed by atoms with E-state index in [0.29, 0.717) is 31.6 Å². The SMILES string of the molecule is CCC(C)CCCCCCCCC(=O)OC[C@H](COP(=O)(O)OC[C@H](O)COP(=O)(O)OC[C@@H](COC(=O)CCCCCCCCCCCCCCCCCC(C)C)OC(=O)CCCCCCCCCC(C)C)OC(=O)CCCCCCCCCCC(C)C. The van der Waals surface area contributed by atoms with Crippen molar-refractivity contribution < 1.29 is 80.2 Å². The molecule has 0 aromatic carbocycles. The van der Waals surface area contributed by atoms with Crippen LogP contribution in [0.3, 0.4) is 0 Å². The molecular formula is C70H136O17P2. The summed E-state index contributed by atoms with van der Waals surface area (Å²) in [5.74, 6) is 0.817. The number of esters is 4. The number of rotatable bonds is 67. The highest BCUT2D eigenvalue weighted by Gasteiger charge is 2.30. The second-order valence-electron chi connectivity index (χ2n) is 26.9. The van der Waals surface area contributed by atoms with Crippen LogP contribution in [-0.4, -0.2) is 96.7 Å². The maximum atomic E-state index is 13.0. The summed E-state index contributed by atoms with van der Waals surface area (Å²) in [6, 6.07) is 0. The average molecular weight is 1310 g/mol. The Kier molecular flexibility index (Phi) is 58.5. The van der Waals surface area contributed by atoms with Gasteiger partial charge in [0.1, 0.15) is 19.3 Å². The summed E-state index contributed by atoms with van der Waals surface area (Å²) in [5.41, 5.74) is 0. The molecule has 0 aliphatic rings. The van der Waals surface area contributed by atoms with Crippen molar-refractivity contribution in [3.63, 3.8) is 0 Å². The third-order valence-corrected chi connectivity index (χ3v) is 18.3. The molecule has 17 nitrogen and oxygen atoms in total. The molecule has 0 saturated heterocycles. The molecule has 3 unspecified atom stereocenters. The number of hydrogen-bond acceptors (Lipinski definition) is 15. The highest BCUT2D eigenvalue weighted by molar-refractivity contribution is 7.47. The molecule has 0 aromatic rings. The molecular weight excluding hydrogens is 1170 g/mol. The molecule has 89 heavy (non-hydrogen) atoms. The van der Waals surface area contributed by atoms with Gasteiger partial charge in [0.05, 0.1) is 26.4 Å². The van der Waals surface area contributed by atoms with Crippen molar-refractivity contribution in [2.45, 2.75) is 363 Å². The summed E-state index contributed by atoms with van der Waals surface area (Å²) in [5, 5.41) is 10.6. The smallest absolute Gasteiger partial charge is 0.462 e. The van der Waals surface area contributed by atoms with E-state index in [1.165, 1.54) is 141 Å². The lowest BCUT2D eigenvalue weighted by molar-refractivity contribution is -0.161. The summed E-state index contributed by atoms with van der Waals surface area (Å²) >= 11 is 0. The number of phosphoric acid groups is 2. The molecule has 0 heterocycles. The van der Waals surface area contributed by atoms with Gasteiger partial charge in [-0.2, -0.15) is 0 Å². The van der Waals surface area contributed by atoms with Crippen LogP contribution < -0.4 is 0 Å². The molecule has 0 aliphatic heterocycles. The maximum Gasteiger partial charge on any atom is 0.472 e. The van der Waals surface area contributed by atoms with Gasteiger partial charge >= 0.3 is 39.5 Å². The predicted molar refractivity (Wildman–Crippen MR) is 358 cm³/mol. The molecule has 0 spiro atoms. The van der Waals surface area contributed by atoms with E-state index in [2.05, 4.69) is 55.4 Å². The minimum atomic E-state index is -4.95. The van der Waals surface area contributed by atoms with Crippen molar-refractivity contribution in [3.05, 3.63) is 0 Å². The van der Waals surface area contributed by atoms with Gasteiger partial charge in [-0.3, -0.25) is 37.3 Å². The zero-order chi connectivity index (χ0) is 66.1. The Morgan fingerprint density at radius 2 is 0.539 bits per heavy atom. The molecule has 6 atom stereocenters. The summed E-state index contributed by atoms with van der Waals surface area (Å²) in [4.78, 5) is 72.5. The first-order valence-corrected chi connectivity index (χ1v) is 39.2. The number of hydrogen-bond donors (Lipinski definition) is 3. The van der Waals surface area contributed by atoms with Crippen molar-refractivity contribution in [1.29, 1.82) is 0 Å². The van der Waals surface area contributed by atoms with E-state index in [-0.39, 0.29) is 25.7 Å². The standard InChI is InChI=1S/C70H136O17P2/c1-9-63(8)49-41-33-28-29-35-43-51-68(73)81-57-66(86-69(74)52-44-36-26-20-19-23-31-39-47-61(4)5)59-85-89(78,79)83-55-64(71)54-82-88(76,77)84-58-65(87-70(75)53-45-37-27-21-24-32-40-48-62(6)7)56-80-67(72)50-42-34-25-18-16-14-12-10-11-13-15-17-22-30-38-46-60(2)3/h60-66,71H,9-59H2,1-8H3,(H,76,77)(H,78,79)/t63?,64-,65-,66-/m1/s1. The van der Waals surface area contributed by atoms with E-state index >= 15 is 0 Å². The third kappa shape index (κ3) is 63.2. The van der Waals surface area contributed by atoms with Gasteiger partial charge < -0.3 is 33.8 Å². The fourth-order valence-corrected chi connectivity index (χ4v) is 12.0. The zero-order valence-electron chi connectivity index (χ0n) is 58.1. The molecule has 0 radical (unpaired) electrons. The Morgan fingerprint density at radius 3 is 0.798 bits per heavy atom. The number of ether oxygens (including phenoxy) is 4. The number of aliphatic hydroxyl groups is 1. The first-order valence-electron chi connectivity index (χ1n) is 36.2. The molecule has 0 saturated carbocycles. The molecule has 0 amide bonds. The number of phosphoric ester groups is 2. The normalized spacial score (nSPS) is 14.6. The van der Waals surface area contributed by atoms with Crippen LogP contribution in [0.15, 0.2) is 0 Å². The van der Waals surface area contributed by atoms with Crippen LogP contribution >= 0.6 is 15.6 Å². The molecule has 3 N–H and O–H groups in total. The fourth-order valence-electron chi connectivity index (χ4n) is 10.5. The van der Waals surface area contributed by atoms with Gasteiger partial charge in [0.2, 0.25) is 0 Å². The quantitative estimate of drug-likeness (QED) is 0.0222. The third-order valence-electron chi connectivity index (χ3n) is 16.4. The predicted octanol–water partition coefficient (Wildman–Crippen LogP) is 19.7. The Labute approximate surface area is 543 Å². The number of carbonyl (C=O) groups is 4. The number of unbranched alkanes of at least 4 members (excludes halogenated alkanes) is 32. The van der Waals surface area contributed by atoms with Crippen LogP contribution in [-0.2, 0) is 65.4 Å². The molecule has 0 bridgehead atoms. The van der Waals surface area contributed by atoms with Gasteiger partial charge in [-0.25, -0.2) is 9.13 Å². The molecule has 19 heteroatoms.